The van der Waals surface area contributed by atoms with Crippen LogP contribution in [0.4, 0.5) is 5.69 Å². The molecule has 1 aromatic carbocycles. The van der Waals surface area contributed by atoms with Crippen LogP contribution in [0.15, 0.2) is 24.3 Å². The van der Waals surface area contributed by atoms with Crippen molar-refractivity contribution < 1.29 is 9.90 Å². The molecule has 1 aromatic rings. The van der Waals surface area contributed by atoms with E-state index >= 15 is 0 Å². The lowest BCUT2D eigenvalue weighted by atomic mass is 10.2. The minimum Gasteiger partial charge on any atom is -0.395 e. The zero-order valence-corrected chi connectivity index (χ0v) is 10.7. The van der Waals surface area contributed by atoms with Crippen LogP contribution in [0.2, 0.25) is 0 Å². The molecule has 0 aromatic heterocycles. The third-order valence-electron chi connectivity index (χ3n) is 3.12. The highest BCUT2D eigenvalue weighted by molar-refractivity contribution is 5.93. The summed E-state index contributed by atoms with van der Waals surface area (Å²) in [6.45, 7) is 0.821. The average molecular weight is 259 g/mol. The van der Waals surface area contributed by atoms with E-state index in [1.54, 1.807) is 24.3 Å². The molecule has 5 nitrogen and oxygen atoms in total. The van der Waals surface area contributed by atoms with Crippen molar-refractivity contribution in [3.8, 4) is 6.07 Å². The zero-order valence-electron chi connectivity index (χ0n) is 10.7. The van der Waals surface area contributed by atoms with Gasteiger partial charge in [-0.1, -0.05) is 12.1 Å². The Hall–Kier alpha value is -1.90. The van der Waals surface area contributed by atoms with E-state index in [1.165, 1.54) is 0 Å². The van der Waals surface area contributed by atoms with Crippen LogP contribution in [0.25, 0.3) is 0 Å². The van der Waals surface area contributed by atoms with Gasteiger partial charge < -0.3 is 10.4 Å². The summed E-state index contributed by atoms with van der Waals surface area (Å²) in [4.78, 5) is 13.9. The lowest BCUT2D eigenvalue weighted by Crippen LogP contribution is -2.36. The predicted molar refractivity (Wildman–Crippen MR) is 71.5 cm³/mol. The Morgan fingerprint density at radius 2 is 2.21 bits per heavy atom. The van der Waals surface area contributed by atoms with Gasteiger partial charge in [0.25, 0.3) is 0 Å². The minimum atomic E-state index is -0.150. The van der Waals surface area contributed by atoms with Crippen molar-refractivity contribution in [3.63, 3.8) is 0 Å². The van der Waals surface area contributed by atoms with Crippen molar-refractivity contribution in [2.24, 2.45) is 0 Å². The van der Waals surface area contributed by atoms with Crippen LogP contribution in [0.3, 0.4) is 0 Å². The van der Waals surface area contributed by atoms with Crippen LogP contribution in [-0.2, 0) is 4.79 Å². The Balaban J connectivity index is 1.95. The number of nitriles is 1. The smallest absolute Gasteiger partial charge is 0.238 e. The molecule has 1 amide bonds. The Labute approximate surface area is 112 Å². The van der Waals surface area contributed by atoms with E-state index in [2.05, 4.69) is 5.32 Å². The summed E-state index contributed by atoms with van der Waals surface area (Å²) in [5, 5.41) is 20.7. The van der Waals surface area contributed by atoms with Gasteiger partial charge in [-0.15, -0.1) is 0 Å². The van der Waals surface area contributed by atoms with E-state index in [1.807, 2.05) is 11.0 Å². The molecule has 2 rings (SSSR count). The van der Waals surface area contributed by atoms with E-state index < -0.39 is 0 Å². The first-order valence-electron chi connectivity index (χ1n) is 6.38. The number of benzene rings is 1. The quantitative estimate of drug-likeness (QED) is 0.797. The molecule has 1 fully saturated rings. The average Bonchev–Trinajstić information content (AvgIpc) is 3.23. The number of hydrogen-bond acceptors (Lipinski definition) is 4. The maximum Gasteiger partial charge on any atom is 0.238 e. The van der Waals surface area contributed by atoms with Crippen LogP contribution in [0.1, 0.15) is 18.4 Å². The molecule has 100 valence electrons. The van der Waals surface area contributed by atoms with E-state index in [4.69, 9.17) is 10.4 Å². The topological polar surface area (TPSA) is 76.4 Å². The van der Waals surface area contributed by atoms with Crippen LogP contribution >= 0.6 is 0 Å². The second-order valence-corrected chi connectivity index (χ2v) is 4.63. The van der Waals surface area contributed by atoms with E-state index in [0.29, 0.717) is 23.8 Å². The SMILES string of the molecule is N#Cc1ccccc1NC(=O)CN(CCO)C1CC1. The van der Waals surface area contributed by atoms with Crippen molar-refractivity contribution in [2.45, 2.75) is 18.9 Å². The van der Waals surface area contributed by atoms with Crippen molar-refractivity contribution in [2.75, 3.05) is 25.0 Å². The van der Waals surface area contributed by atoms with Gasteiger partial charge in [0.05, 0.1) is 24.4 Å². The van der Waals surface area contributed by atoms with Crippen LogP contribution < -0.4 is 5.32 Å². The molecule has 1 saturated carbocycles. The number of hydrogen-bond donors (Lipinski definition) is 2. The fraction of sp³-hybridized carbons (Fsp3) is 0.429. The van der Waals surface area contributed by atoms with Gasteiger partial charge >= 0.3 is 0 Å². The molecule has 0 unspecified atom stereocenters. The Bertz CT molecular complexity index is 492. The first kappa shape index (κ1) is 13.5. The highest BCUT2D eigenvalue weighted by Gasteiger charge is 2.29. The maximum atomic E-state index is 12.0. The number of carbonyl (C=O) groups excluding carboxylic acids is 1. The minimum absolute atomic E-state index is 0.0541. The van der Waals surface area contributed by atoms with Crippen LogP contribution in [0, 0.1) is 11.3 Å². The van der Waals surface area contributed by atoms with Gasteiger partial charge in [-0.3, -0.25) is 9.69 Å². The second-order valence-electron chi connectivity index (χ2n) is 4.63. The summed E-state index contributed by atoms with van der Waals surface area (Å²) in [6.07, 6.45) is 2.17. The monoisotopic (exact) mass is 259 g/mol. The molecule has 0 spiro atoms. The first-order valence-corrected chi connectivity index (χ1v) is 6.38. The maximum absolute atomic E-state index is 12.0. The number of nitrogens with one attached hydrogen (secondary N) is 1. The number of nitrogens with zero attached hydrogens (tertiary/aromatic N) is 2. The van der Waals surface area contributed by atoms with Crippen LogP contribution in [0.5, 0.6) is 0 Å². The van der Waals surface area contributed by atoms with Gasteiger partial charge in [0.15, 0.2) is 0 Å². The van der Waals surface area contributed by atoms with Crippen molar-refractivity contribution in [1.82, 2.24) is 4.90 Å². The zero-order chi connectivity index (χ0) is 13.7. The van der Waals surface area contributed by atoms with Crippen LogP contribution in [-0.4, -0.2) is 41.7 Å². The number of aliphatic hydroxyl groups excluding tert-OH is 1. The fourth-order valence-electron chi connectivity index (χ4n) is 2.02. The third-order valence-corrected chi connectivity index (χ3v) is 3.12. The molecule has 1 aliphatic rings. The number of para-hydroxylation sites is 1. The number of amides is 1. The molecule has 2 N–H and O–H groups in total. The van der Waals surface area contributed by atoms with Crippen molar-refractivity contribution >= 4 is 11.6 Å². The van der Waals surface area contributed by atoms with E-state index in [0.717, 1.165) is 12.8 Å². The third kappa shape index (κ3) is 3.78. The summed E-state index contributed by atoms with van der Waals surface area (Å²) in [5.74, 6) is -0.150. The molecule has 19 heavy (non-hydrogen) atoms. The van der Waals surface area contributed by atoms with Gasteiger partial charge in [-0.25, -0.2) is 0 Å². The highest BCUT2D eigenvalue weighted by Crippen LogP contribution is 2.26. The van der Waals surface area contributed by atoms with Crippen molar-refractivity contribution in [1.29, 1.82) is 5.26 Å². The Morgan fingerprint density at radius 3 is 2.84 bits per heavy atom. The molecule has 5 heteroatoms. The molecule has 0 atom stereocenters. The molecule has 0 saturated heterocycles. The first-order chi connectivity index (χ1) is 9.24. The summed E-state index contributed by atoms with van der Waals surface area (Å²) in [5.41, 5.74) is 0.991. The highest BCUT2D eigenvalue weighted by atomic mass is 16.3. The lowest BCUT2D eigenvalue weighted by molar-refractivity contribution is -0.117. The van der Waals surface area contributed by atoms with Gasteiger partial charge in [-0.05, 0) is 25.0 Å². The summed E-state index contributed by atoms with van der Waals surface area (Å²) in [6, 6.07) is 9.39. The number of anilines is 1. The molecule has 0 bridgehead atoms. The number of rotatable bonds is 6. The number of aliphatic hydroxyl groups is 1. The number of carbonyl (C=O) groups is 1. The molecule has 0 heterocycles. The molecule has 0 aliphatic heterocycles. The van der Waals surface area contributed by atoms with Gasteiger partial charge in [0.1, 0.15) is 6.07 Å². The molecule has 0 radical (unpaired) electrons. The molecule has 1 aliphatic carbocycles. The second kappa shape index (κ2) is 6.32. The Morgan fingerprint density at radius 1 is 1.47 bits per heavy atom. The predicted octanol–water partition coefficient (Wildman–Crippen LogP) is 0.953. The van der Waals surface area contributed by atoms with Gasteiger partial charge in [0.2, 0.25) is 5.91 Å². The summed E-state index contributed by atoms with van der Waals surface area (Å²) in [7, 11) is 0. The fourth-order valence-corrected chi connectivity index (χ4v) is 2.02. The summed E-state index contributed by atoms with van der Waals surface area (Å²) >= 11 is 0. The molecular formula is C14H17N3O2. The standard InChI is InChI=1S/C14H17N3O2/c15-9-11-3-1-2-4-13(11)16-14(19)10-17(7-8-18)12-5-6-12/h1-4,12,18H,5-8,10H2,(H,16,19). The van der Waals surface area contributed by atoms with Crippen molar-refractivity contribution in [3.05, 3.63) is 29.8 Å². The van der Waals surface area contributed by atoms with E-state index in [-0.39, 0.29) is 19.1 Å². The summed E-state index contributed by atoms with van der Waals surface area (Å²) < 4.78 is 0. The van der Waals surface area contributed by atoms with Gasteiger partial charge in [-0.2, -0.15) is 5.26 Å². The Kier molecular flexibility index (Phi) is 4.50. The largest absolute Gasteiger partial charge is 0.395 e. The van der Waals surface area contributed by atoms with Gasteiger partial charge in [0, 0.05) is 12.6 Å². The normalized spacial score (nSPS) is 14.2. The van der Waals surface area contributed by atoms with E-state index in [9.17, 15) is 4.79 Å². The lowest BCUT2D eigenvalue weighted by Gasteiger charge is -2.20. The molecular weight excluding hydrogens is 242 g/mol.